The van der Waals surface area contributed by atoms with E-state index in [9.17, 15) is 0 Å². The molecule has 1 aromatic rings. The summed E-state index contributed by atoms with van der Waals surface area (Å²) < 4.78 is 0. The van der Waals surface area contributed by atoms with Crippen LogP contribution in [0.25, 0.3) is 0 Å². The Kier molecular flexibility index (Phi) is 3.58. The van der Waals surface area contributed by atoms with Crippen LogP contribution in [-0.2, 0) is 32.7 Å². The van der Waals surface area contributed by atoms with Crippen LogP contribution in [-0.4, -0.2) is 0 Å². The van der Waals surface area contributed by atoms with E-state index in [0.717, 1.165) is 0 Å². The van der Waals surface area contributed by atoms with E-state index in [1.807, 2.05) is 19.2 Å². The first-order valence-corrected chi connectivity index (χ1v) is 1.93. The third-order valence-corrected chi connectivity index (χ3v) is 0.702. The molecule has 35 valence electrons. The van der Waals surface area contributed by atoms with Crippen molar-refractivity contribution in [2.24, 2.45) is 0 Å². The van der Waals surface area contributed by atoms with Crippen LogP contribution in [0.4, 0.5) is 0 Å². The first-order valence-electron chi connectivity index (χ1n) is 1.93. The van der Waals surface area contributed by atoms with Crippen LogP contribution in [0.1, 0.15) is 5.56 Å². The van der Waals surface area contributed by atoms with Crippen molar-refractivity contribution in [3.05, 3.63) is 24.0 Å². The van der Waals surface area contributed by atoms with E-state index in [0.29, 0.717) is 0 Å². The maximum Gasteiger partial charge on any atom is 0 e. The number of hydrogen-bond donors (Lipinski definition) is 0. The monoisotopic (exact) mass is 169 g/mol. The normalized spacial score (nSPS) is 7.57. The maximum absolute atomic E-state index is 3.82. The van der Waals surface area contributed by atoms with E-state index in [1.54, 1.807) is 6.20 Å². The van der Waals surface area contributed by atoms with Gasteiger partial charge >= 0.3 is 0 Å². The van der Waals surface area contributed by atoms with Crippen molar-refractivity contribution in [3.63, 3.8) is 0 Å². The SMILES string of the molecule is Cc1cc[n-]c1.[Y]. The number of rotatable bonds is 0. The standard InChI is InChI=1S/C5H6N.Y/c1-5-2-3-6-4-5;/h2-4H,1H3;/q-1;. The molecule has 1 radical (unpaired) electrons. The molecule has 0 aromatic carbocycles. The van der Waals surface area contributed by atoms with Crippen LogP contribution in [0, 0.1) is 6.92 Å². The molecule has 0 aliphatic heterocycles. The molecule has 1 heterocycles. The van der Waals surface area contributed by atoms with Gasteiger partial charge in [-0.15, -0.1) is 0 Å². The minimum absolute atomic E-state index is 0. The predicted molar refractivity (Wildman–Crippen MR) is 24.5 cm³/mol. The number of aromatic nitrogens is 1. The number of hydrogen-bond acceptors (Lipinski definition) is 0. The average Bonchev–Trinajstić information content (AvgIpc) is 1.86. The predicted octanol–water partition coefficient (Wildman–Crippen LogP) is 0.950. The van der Waals surface area contributed by atoms with Gasteiger partial charge in [-0.2, -0.15) is 12.4 Å². The second-order valence-corrected chi connectivity index (χ2v) is 1.34. The van der Waals surface area contributed by atoms with E-state index in [2.05, 4.69) is 4.98 Å². The van der Waals surface area contributed by atoms with Gasteiger partial charge in [0.1, 0.15) is 0 Å². The zero-order chi connectivity index (χ0) is 4.41. The molecular weight excluding hydrogens is 163 g/mol. The van der Waals surface area contributed by atoms with Crippen molar-refractivity contribution in [1.82, 2.24) is 4.98 Å². The van der Waals surface area contributed by atoms with Crippen LogP contribution >= 0.6 is 0 Å². The molecule has 0 fully saturated rings. The van der Waals surface area contributed by atoms with E-state index in [4.69, 9.17) is 0 Å². The smallest absolute Gasteiger partial charge is 0 e. The van der Waals surface area contributed by atoms with Gasteiger partial charge in [-0.05, 0) is 6.92 Å². The summed E-state index contributed by atoms with van der Waals surface area (Å²) in [7, 11) is 0. The molecular formula is C5H6NY-. The van der Waals surface area contributed by atoms with E-state index in [-0.39, 0.29) is 32.7 Å². The Morgan fingerprint density at radius 1 is 1.57 bits per heavy atom. The molecule has 0 spiro atoms. The third kappa shape index (κ3) is 2.25. The summed E-state index contributed by atoms with van der Waals surface area (Å²) in [6.07, 6.45) is 3.62. The summed E-state index contributed by atoms with van der Waals surface area (Å²) >= 11 is 0. The third-order valence-electron chi connectivity index (χ3n) is 0.702. The Hall–Kier alpha value is 0.384. The number of aryl methyl sites for hydroxylation is 1. The van der Waals surface area contributed by atoms with Gasteiger partial charge in [0.15, 0.2) is 0 Å². The summed E-state index contributed by atoms with van der Waals surface area (Å²) in [5.41, 5.74) is 1.23. The second-order valence-electron chi connectivity index (χ2n) is 1.34. The van der Waals surface area contributed by atoms with Crippen LogP contribution < -0.4 is 4.98 Å². The molecule has 0 unspecified atom stereocenters. The summed E-state index contributed by atoms with van der Waals surface area (Å²) in [5, 5.41) is 0. The molecule has 7 heavy (non-hydrogen) atoms. The van der Waals surface area contributed by atoms with Gasteiger partial charge < -0.3 is 4.98 Å². The summed E-state index contributed by atoms with van der Waals surface area (Å²) in [6, 6.07) is 1.97. The van der Waals surface area contributed by atoms with Gasteiger partial charge in [-0.3, -0.25) is 0 Å². The Labute approximate surface area is 68.4 Å². The molecule has 0 atom stereocenters. The van der Waals surface area contributed by atoms with Crippen LogP contribution in [0.15, 0.2) is 18.5 Å². The first kappa shape index (κ1) is 7.38. The van der Waals surface area contributed by atoms with Gasteiger partial charge in [-0.1, -0.05) is 11.6 Å². The second kappa shape index (κ2) is 3.39. The van der Waals surface area contributed by atoms with Crippen molar-refractivity contribution >= 4 is 0 Å². The number of nitrogens with zero attached hydrogens (tertiary/aromatic N) is 1. The van der Waals surface area contributed by atoms with E-state index >= 15 is 0 Å². The zero-order valence-corrected chi connectivity index (χ0v) is 7.09. The van der Waals surface area contributed by atoms with Gasteiger partial charge in [0.05, 0.1) is 0 Å². The van der Waals surface area contributed by atoms with Crippen molar-refractivity contribution in [2.75, 3.05) is 0 Å². The van der Waals surface area contributed by atoms with Crippen LogP contribution in [0.2, 0.25) is 0 Å². The fourth-order valence-electron chi connectivity index (χ4n) is 0.364. The van der Waals surface area contributed by atoms with Crippen molar-refractivity contribution in [2.45, 2.75) is 6.92 Å². The summed E-state index contributed by atoms with van der Waals surface area (Å²) in [5.74, 6) is 0. The van der Waals surface area contributed by atoms with E-state index < -0.39 is 0 Å². The summed E-state index contributed by atoms with van der Waals surface area (Å²) in [4.78, 5) is 3.82. The molecule has 1 aromatic heterocycles. The van der Waals surface area contributed by atoms with Crippen molar-refractivity contribution in [1.29, 1.82) is 0 Å². The van der Waals surface area contributed by atoms with Gasteiger partial charge in [0.2, 0.25) is 0 Å². The quantitative estimate of drug-likeness (QED) is 0.563. The molecule has 0 bridgehead atoms. The molecule has 0 N–H and O–H groups in total. The van der Waals surface area contributed by atoms with Crippen molar-refractivity contribution in [3.8, 4) is 0 Å². The van der Waals surface area contributed by atoms with Crippen molar-refractivity contribution < 1.29 is 32.7 Å². The first-order chi connectivity index (χ1) is 2.89. The maximum atomic E-state index is 3.82. The zero-order valence-electron chi connectivity index (χ0n) is 4.26. The van der Waals surface area contributed by atoms with Crippen LogP contribution in [0.5, 0.6) is 0 Å². The van der Waals surface area contributed by atoms with Gasteiger partial charge in [0, 0.05) is 32.7 Å². The minimum Gasteiger partial charge on any atom is -0.670 e. The topological polar surface area (TPSA) is 14.1 Å². The van der Waals surface area contributed by atoms with Gasteiger partial charge in [0.25, 0.3) is 0 Å². The molecule has 0 aliphatic carbocycles. The molecule has 0 saturated carbocycles. The van der Waals surface area contributed by atoms with Gasteiger partial charge in [-0.25, -0.2) is 0 Å². The Bertz CT molecular complexity index is 112. The Morgan fingerprint density at radius 2 is 2.29 bits per heavy atom. The molecule has 1 nitrogen and oxygen atoms in total. The molecule has 0 aliphatic rings. The van der Waals surface area contributed by atoms with E-state index in [1.165, 1.54) is 5.56 Å². The fraction of sp³-hybridized carbons (Fsp3) is 0.200. The average molecular weight is 169 g/mol. The fourth-order valence-corrected chi connectivity index (χ4v) is 0.364. The molecule has 0 amide bonds. The molecule has 1 rings (SSSR count). The Balaban J connectivity index is 0.000000360. The molecule has 2 heteroatoms. The summed E-state index contributed by atoms with van der Waals surface area (Å²) in [6.45, 7) is 2.02. The largest absolute Gasteiger partial charge is 0.670 e. The molecule has 0 saturated heterocycles. The Morgan fingerprint density at radius 3 is 2.43 bits per heavy atom. The van der Waals surface area contributed by atoms with Crippen LogP contribution in [0.3, 0.4) is 0 Å². The minimum atomic E-state index is 0.